The van der Waals surface area contributed by atoms with Crippen molar-refractivity contribution in [2.75, 3.05) is 13.6 Å². The molecule has 0 saturated heterocycles. The molecule has 2 aromatic carbocycles. The smallest absolute Gasteiger partial charge is 0.321 e. The Morgan fingerprint density at radius 3 is 2.23 bits per heavy atom. The number of hydrogen-bond acceptors (Lipinski definition) is 5. The third-order valence-corrected chi connectivity index (χ3v) is 3.91. The topological polar surface area (TPSA) is 114 Å². The molecule has 0 saturated carbocycles. The molecule has 0 aromatic heterocycles. The monoisotopic (exact) mass is 409 g/mol. The largest absolute Gasteiger partial charge is 0.447 e. The molecule has 0 unspecified atom stereocenters. The van der Waals surface area contributed by atoms with Crippen molar-refractivity contribution in [2.24, 2.45) is 0 Å². The average molecular weight is 409 g/mol. The molecule has 8 nitrogen and oxygen atoms in total. The van der Waals surface area contributed by atoms with E-state index in [4.69, 9.17) is 4.74 Å². The van der Waals surface area contributed by atoms with E-state index >= 15 is 0 Å². The van der Waals surface area contributed by atoms with Crippen LogP contribution >= 0.6 is 0 Å². The van der Waals surface area contributed by atoms with Crippen molar-refractivity contribution < 1.29 is 23.9 Å². The summed E-state index contributed by atoms with van der Waals surface area (Å²) in [5.74, 6) is -1.82. The molecule has 2 aromatic rings. The SMILES string of the molecule is CNC(=O)NC(=O)[C@@H](OC(=O)CCNC(=O)/C=C/c1ccccc1)c1ccccc1. The Hall–Kier alpha value is -3.94. The average Bonchev–Trinajstić information content (AvgIpc) is 2.77. The van der Waals surface area contributed by atoms with Crippen molar-refractivity contribution >= 4 is 29.9 Å². The Balaban J connectivity index is 1.87. The lowest BCUT2D eigenvalue weighted by molar-refractivity contribution is -0.156. The molecule has 156 valence electrons. The quantitative estimate of drug-likeness (QED) is 0.456. The normalized spacial score (nSPS) is 11.4. The van der Waals surface area contributed by atoms with E-state index in [1.54, 1.807) is 36.4 Å². The maximum atomic E-state index is 12.3. The molecule has 3 N–H and O–H groups in total. The van der Waals surface area contributed by atoms with Crippen molar-refractivity contribution in [3.05, 3.63) is 77.9 Å². The van der Waals surface area contributed by atoms with Crippen molar-refractivity contribution in [1.29, 1.82) is 0 Å². The summed E-state index contributed by atoms with van der Waals surface area (Å²) in [5, 5.41) is 6.93. The van der Waals surface area contributed by atoms with Crippen molar-refractivity contribution in [3.8, 4) is 0 Å². The van der Waals surface area contributed by atoms with Crippen LogP contribution in [0.4, 0.5) is 4.79 Å². The van der Waals surface area contributed by atoms with Gasteiger partial charge in [-0.15, -0.1) is 0 Å². The Kier molecular flexibility index (Phi) is 8.79. The highest BCUT2D eigenvalue weighted by atomic mass is 16.5. The van der Waals surface area contributed by atoms with Gasteiger partial charge in [0.15, 0.2) is 0 Å². The van der Waals surface area contributed by atoms with Gasteiger partial charge in [-0.2, -0.15) is 0 Å². The minimum absolute atomic E-state index is 0.0371. The predicted molar refractivity (Wildman–Crippen MR) is 111 cm³/mol. The van der Waals surface area contributed by atoms with Crippen LogP contribution in [-0.2, 0) is 19.1 Å². The summed E-state index contributed by atoms with van der Waals surface area (Å²) in [6.07, 6.45) is 1.60. The molecular weight excluding hydrogens is 386 g/mol. The summed E-state index contributed by atoms with van der Waals surface area (Å²) in [5.41, 5.74) is 1.29. The number of ether oxygens (including phenoxy) is 1. The molecule has 4 amide bonds. The highest BCUT2D eigenvalue weighted by Crippen LogP contribution is 2.18. The Bertz CT molecular complexity index is 898. The van der Waals surface area contributed by atoms with Crippen molar-refractivity contribution in [2.45, 2.75) is 12.5 Å². The number of benzene rings is 2. The van der Waals surface area contributed by atoms with Gasteiger partial charge < -0.3 is 15.4 Å². The van der Waals surface area contributed by atoms with E-state index in [-0.39, 0.29) is 18.9 Å². The zero-order valence-electron chi connectivity index (χ0n) is 16.5. The number of esters is 1. The molecule has 30 heavy (non-hydrogen) atoms. The summed E-state index contributed by atoms with van der Waals surface area (Å²) in [6, 6.07) is 16.9. The van der Waals surface area contributed by atoms with Gasteiger partial charge in [0.1, 0.15) is 0 Å². The molecule has 0 heterocycles. The number of urea groups is 1. The van der Waals surface area contributed by atoms with Gasteiger partial charge in [0.05, 0.1) is 6.42 Å². The van der Waals surface area contributed by atoms with Gasteiger partial charge >= 0.3 is 12.0 Å². The summed E-state index contributed by atoms with van der Waals surface area (Å²) >= 11 is 0. The number of amides is 4. The van der Waals surface area contributed by atoms with Gasteiger partial charge in [-0.05, 0) is 11.6 Å². The van der Waals surface area contributed by atoms with Crippen LogP contribution in [-0.4, -0.2) is 37.4 Å². The number of carbonyl (C=O) groups excluding carboxylic acids is 4. The van der Waals surface area contributed by atoms with Crippen molar-refractivity contribution in [1.82, 2.24) is 16.0 Å². The maximum absolute atomic E-state index is 12.3. The molecule has 0 bridgehead atoms. The highest BCUT2D eigenvalue weighted by molar-refractivity contribution is 5.97. The standard InChI is InChI=1S/C22H23N3O5/c1-23-22(29)25-21(28)20(17-10-6-3-7-11-17)30-19(27)14-15-24-18(26)13-12-16-8-4-2-5-9-16/h2-13,20H,14-15H2,1H3,(H,24,26)(H2,23,25,28,29)/b13-12+/t20-/m0/s1. The first kappa shape index (κ1) is 22.4. The fourth-order valence-corrected chi connectivity index (χ4v) is 2.41. The maximum Gasteiger partial charge on any atom is 0.321 e. The Morgan fingerprint density at radius 2 is 1.60 bits per heavy atom. The van der Waals surface area contributed by atoms with E-state index in [9.17, 15) is 19.2 Å². The van der Waals surface area contributed by atoms with Gasteiger partial charge in [-0.1, -0.05) is 60.7 Å². The molecular formula is C22H23N3O5. The molecule has 0 fully saturated rings. The zero-order valence-corrected chi connectivity index (χ0v) is 16.5. The second-order valence-corrected chi connectivity index (χ2v) is 6.13. The lowest BCUT2D eigenvalue weighted by Gasteiger charge is -2.17. The first-order chi connectivity index (χ1) is 14.5. The van der Waals surface area contributed by atoms with E-state index in [1.807, 2.05) is 30.3 Å². The first-order valence-electron chi connectivity index (χ1n) is 9.27. The molecule has 0 radical (unpaired) electrons. The van der Waals surface area contributed by atoms with Crippen LogP contribution in [0.1, 0.15) is 23.7 Å². The molecule has 0 aliphatic carbocycles. The zero-order chi connectivity index (χ0) is 21.8. The summed E-state index contributed by atoms with van der Waals surface area (Å²) in [4.78, 5) is 47.8. The fraction of sp³-hybridized carbons (Fsp3) is 0.182. The van der Waals surface area contributed by atoms with E-state index in [2.05, 4.69) is 16.0 Å². The number of hydrogen-bond donors (Lipinski definition) is 3. The van der Waals surface area contributed by atoms with Gasteiger partial charge in [-0.25, -0.2) is 4.79 Å². The number of nitrogens with one attached hydrogen (secondary N) is 3. The van der Waals surface area contributed by atoms with E-state index < -0.39 is 24.0 Å². The van der Waals surface area contributed by atoms with E-state index in [1.165, 1.54) is 13.1 Å². The van der Waals surface area contributed by atoms with Crippen LogP contribution < -0.4 is 16.0 Å². The molecule has 8 heteroatoms. The van der Waals surface area contributed by atoms with Crippen molar-refractivity contribution in [3.63, 3.8) is 0 Å². The Morgan fingerprint density at radius 1 is 0.967 bits per heavy atom. The number of carbonyl (C=O) groups is 4. The number of imide groups is 1. The summed E-state index contributed by atoms with van der Waals surface area (Å²) < 4.78 is 5.25. The minimum Gasteiger partial charge on any atom is -0.447 e. The lowest BCUT2D eigenvalue weighted by Crippen LogP contribution is -2.41. The lowest BCUT2D eigenvalue weighted by atomic mass is 10.1. The van der Waals surface area contributed by atoms with Crippen LogP contribution in [0, 0.1) is 0 Å². The van der Waals surface area contributed by atoms with Crippen LogP contribution in [0.5, 0.6) is 0 Å². The number of rotatable bonds is 8. The third kappa shape index (κ3) is 7.59. The second kappa shape index (κ2) is 11.8. The molecule has 0 spiro atoms. The summed E-state index contributed by atoms with van der Waals surface area (Å²) in [7, 11) is 1.36. The minimum atomic E-state index is -1.29. The van der Waals surface area contributed by atoms with E-state index in [0.29, 0.717) is 5.56 Å². The molecule has 0 aliphatic rings. The molecule has 0 aliphatic heterocycles. The summed E-state index contributed by atoms with van der Waals surface area (Å²) in [6.45, 7) is 0.0371. The van der Waals surface area contributed by atoms with Gasteiger partial charge in [0.2, 0.25) is 12.0 Å². The second-order valence-electron chi connectivity index (χ2n) is 6.13. The van der Waals surface area contributed by atoms with Crippen LogP contribution in [0.3, 0.4) is 0 Å². The van der Waals surface area contributed by atoms with Gasteiger partial charge in [0, 0.05) is 25.2 Å². The molecule has 2 rings (SSSR count). The predicted octanol–water partition coefficient (Wildman–Crippen LogP) is 1.95. The van der Waals surface area contributed by atoms with Crippen LogP contribution in [0.25, 0.3) is 6.08 Å². The Labute approximate surface area is 174 Å². The van der Waals surface area contributed by atoms with Gasteiger partial charge in [-0.3, -0.25) is 19.7 Å². The van der Waals surface area contributed by atoms with E-state index in [0.717, 1.165) is 5.56 Å². The molecule has 1 atom stereocenters. The van der Waals surface area contributed by atoms with Gasteiger partial charge in [0.25, 0.3) is 5.91 Å². The third-order valence-electron chi connectivity index (χ3n) is 3.91. The first-order valence-corrected chi connectivity index (χ1v) is 9.27. The van der Waals surface area contributed by atoms with Crippen LogP contribution in [0.2, 0.25) is 0 Å². The fourth-order valence-electron chi connectivity index (χ4n) is 2.41. The van der Waals surface area contributed by atoms with Crippen LogP contribution in [0.15, 0.2) is 66.7 Å². The highest BCUT2D eigenvalue weighted by Gasteiger charge is 2.26.